The van der Waals surface area contributed by atoms with Crippen LogP contribution in [0.25, 0.3) is 10.8 Å². The van der Waals surface area contributed by atoms with Gasteiger partial charge in [-0.3, -0.25) is 9.69 Å². The highest BCUT2D eigenvalue weighted by Gasteiger charge is 2.33. The molecule has 2 aliphatic rings. The molecule has 2 aliphatic heterocycles. The summed E-state index contributed by atoms with van der Waals surface area (Å²) in [4.78, 5) is 15.6. The number of nitrogens with zero attached hydrogens (tertiary/aromatic N) is 2. The van der Waals surface area contributed by atoms with Crippen LogP contribution in [0.5, 0.6) is 0 Å². The van der Waals surface area contributed by atoms with E-state index in [1.165, 1.54) is 4.31 Å². The molecule has 2 aromatic carbocycles. The van der Waals surface area contributed by atoms with Crippen LogP contribution in [0.3, 0.4) is 0 Å². The molecule has 0 saturated carbocycles. The fourth-order valence-corrected chi connectivity index (χ4v) is 6.63. The number of hydrogen-bond acceptors (Lipinski definition) is 5. The zero-order valence-electron chi connectivity index (χ0n) is 19.2. The molecule has 0 spiro atoms. The van der Waals surface area contributed by atoms with Crippen LogP contribution in [0.1, 0.15) is 37.5 Å². The van der Waals surface area contributed by atoms with Crippen molar-refractivity contribution in [3.8, 4) is 0 Å². The van der Waals surface area contributed by atoms with Gasteiger partial charge in [0.2, 0.25) is 15.9 Å². The van der Waals surface area contributed by atoms with Gasteiger partial charge in [-0.1, -0.05) is 30.3 Å². The van der Waals surface area contributed by atoms with Gasteiger partial charge in [0.1, 0.15) is 5.76 Å². The molecule has 3 aromatic rings. The van der Waals surface area contributed by atoms with Gasteiger partial charge < -0.3 is 9.73 Å². The zero-order valence-corrected chi connectivity index (χ0v) is 20.0. The molecule has 34 heavy (non-hydrogen) atoms. The van der Waals surface area contributed by atoms with Crippen LogP contribution in [0.15, 0.2) is 70.2 Å². The van der Waals surface area contributed by atoms with Crippen LogP contribution < -0.4 is 5.32 Å². The van der Waals surface area contributed by atoms with Crippen molar-refractivity contribution in [2.75, 3.05) is 32.7 Å². The Morgan fingerprint density at radius 3 is 2.41 bits per heavy atom. The van der Waals surface area contributed by atoms with Crippen LogP contribution in [-0.4, -0.2) is 56.3 Å². The first-order chi connectivity index (χ1) is 16.5. The predicted octanol–water partition coefficient (Wildman–Crippen LogP) is 3.79. The number of hydrogen-bond donors (Lipinski definition) is 1. The van der Waals surface area contributed by atoms with Gasteiger partial charge in [-0.2, -0.15) is 4.31 Å². The number of piperidine rings is 1. The van der Waals surface area contributed by atoms with Gasteiger partial charge in [-0.25, -0.2) is 8.42 Å². The Kier molecular flexibility index (Phi) is 6.72. The quantitative estimate of drug-likeness (QED) is 0.555. The largest absolute Gasteiger partial charge is 0.468 e. The average molecular weight is 482 g/mol. The molecule has 0 unspecified atom stereocenters. The van der Waals surface area contributed by atoms with E-state index in [0.717, 1.165) is 42.5 Å². The molecule has 0 aliphatic carbocycles. The van der Waals surface area contributed by atoms with Crippen molar-refractivity contribution in [2.24, 2.45) is 5.92 Å². The molecule has 180 valence electrons. The second kappa shape index (κ2) is 9.90. The maximum atomic E-state index is 13.2. The molecule has 1 N–H and O–H groups in total. The Bertz CT molecular complexity index is 1230. The van der Waals surface area contributed by atoms with Crippen molar-refractivity contribution >= 4 is 26.7 Å². The maximum Gasteiger partial charge on any atom is 0.243 e. The second-order valence-corrected chi connectivity index (χ2v) is 11.1. The molecule has 7 nitrogen and oxygen atoms in total. The molecule has 0 bridgehead atoms. The number of sulfonamides is 1. The summed E-state index contributed by atoms with van der Waals surface area (Å²) >= 11 is 0. The van der Waals surface area contributed by atoms with E-state index in [-0.39, 0.29) is 17.9 Å². The first-order valence-corrected chi connectivity index (χ1v) is 13.5. The van der Waals surface area contributed by atoms with Crippen LogP contribution in [0, 0.1) is 5.92 Å². The molecule has 0 radical (unpaired) electrons. The summed E-state index contributed by atoms with van der Waals surface area (Å²) in [6, 6.07) is 16.9. The maximum absolute atomic E-state index is 13.2. The minimum Gasteiger partial charge on any atom is -0.468 e. The Morgan fingerprint density at radius 2 is 1.71 bits per heavy atom. The summed E-state index contributed by atoms with van der Waals surface area (Å²) in [7, 11) is -3.59. The first kappa shape index (κ1) is 23.1. The van der Waals surface area contributed by atoms with Crippen LogP contribution in [0.2, 0.25) is 0 Å². The van der Waals surface area contributed by atoms with E-state index in [1.807, 2.05) is 42.5 Å². The summed E-state index contributed by atoms with van der Waals surface area (Å²) in [6.07, 6.45) is 5.04. The summed E-state index contributed by atoms with van der Waals surface area (Å²) in [5.74, 6) is 0.691. The van der Waals surface area contributed by atoms with Crippen molar-refractivity contribution in [1.82, 2.24) is 14.5 Å². The highest BCUT2D eigenvalue weighted by Crippen LogP contribution is 2.28. The summed E-state index contributed by atoms with van der Waals surface area (Å²) in [5, 5.41) is 5.03. The van der Waals surface area contributed by atoms with Gasteiger partial charge in [0.15, 0.2) is 0 Å². The molecule has 2 fully saturated rings. The highest BCUT2D eigenvalue weighted by atomic mass is 32.2. The third-order valence-electron chi connectivity index (χ3n) is 7.11. The summed E-state index contributed by atoms with van der Waals surface area (Å²) in [5.41, 5.74) is 0. The Labute approximate surface area is 200 Å². The van der Waals surface area contributed by atoms with Gasteiger partial charge in [0.25, 0.3) is 0 Å². The van der Waals surface area contributed by atoms with E-state index in [2.05, 4.69) is 10.2 Å². The Hall–Kier alpha value is -2.68. The Morgan fingerprint density at radius 1 is 0.971 bits per heavy atom. The molecule has 8 heteroatoms. The van der Waals surface area contributed by atoms with Crippen molar-refractivity contribution in [2.45, 2.75) is 36.6 Å². The number of rotatable bonds is 7. The fraction of sp³-hybridized carbons (Fsp3) is 0.423. The number of benzene rings is 2. The average Bonchev–Trinajstić information content (AvgIpc) is 3.59. The number of furan rings is 1. The van der Waals surface area contributed by atoms with Gasteiger partial charge >= 0.3 is 0 Å². The van der Waals surface area contributed by atoms with Gasteiger partial charge in [-0.05, 0) is 73.8 Å². The number of carbonyl (C=O) groups is 1. The van der Waals surface area contributed by atoms with Crippen molar-refractivity contribution in [3.63, 3.8) is 0 Å². The predicted molar refractivity (Wildman–Crippen MR) is 131 cm³/mol. The minimum atomic E-state index is -3.59. The summed E-state index contributed by atoms with van der Waals surface area (Å²) < 4.78 is 33.6. The number of nitrogens with one attached hydrogen (secondary N) is 1. The molecule has 1 amide bonds. The SMILES string of the molecule is O=C(NC[C@H](c1ccco1)N1CCCC1)C1CCN(S(=O)(=O)c2ccc3ccccc3c2)CC1. The van der Waals surface area contributed by atoms with Gasteiger partial charge in [0.05, 0.1) is 17.2 Å². The molecule has 1 aromatic heterocycles. The standard InChI is InChI=1S/C26H31N3O4S/c30-26(27-19-24(25-8-5-17-33-25)28-13-3-4-14-28)21-11-15-29(16-12-21)34(31,32)23-10-9-20-6-1-2-7-22(20)18-23/h1-2,5-10,17-18,21,24H,3-4,11-16,19H2,(H,27,30)/t24-/m1/s1. The normalized spacial score (nSPS) is 19.4. The van der Waals surface area contributed by atoms with E-state index < -0.39 is 10.0 Å². The van der Waals surface area contributed by atoms with Crippen molar-refractivity contribution < 1.29 is 17.6 Å². The Balaban J connectivity index is 1.19. The highest BCUT2D eigenvalue weighted by molar-refractivity contribution is 7.89. The molecular formula is C26H31N3O4S. The van der Waals surface area contributed by atoms with E-state index >= 15 is 0 Å². The van der Waals surface area contributed by atoms with Crippen LogP contribution >= 0.6 is 0 Å². The second-order valence-electron chi connectivity index (χ2n) is 9.21. The third-order valence-corrected chi connectivity index (χ3v) is 9.00. The van der Waals surface area contributed by atoms with Crippen LogP contribution in [-0.2, 0) is 14.8 Å². The lowest BCUT2D eigenvalue weighted by atomic mass is 9.97. The molecule has 3 heterocycles. The smallest absolute Gasteiger partial charge is 0.243 e. The first-order valence-electron chi connectivity index (χ1n) is 12.1. The minimum absolute atomic E-state index is 0.00138. The summed E-state index contributed by atoms with van der Waals surface area (Å²) in [6.45, 7) is 3.21. The molecule has 1 atom stereocenters. The van der Waals surface area contributed by atoms with Crippen molar-refractivity contribution in [3.05, 3.63) is 66.6 Å². The lowest BCUT2D eigenvalue weighted by Crippen LogP contribution is -2.44. The molecule has 2 saturated heterocycles. The van der Waals surface area contributed by atoms with Crippen molar-refractivity contribution in [1.29, 1.82) is 0 Å². The number of amides is 1. The van der Waals surface area contributed by atoms with Gasteiger partial charge in [-0.15, -0.1) is 0 Å². The fourth-order valence-electron chi connectivity index (χ4n) is 5.12. The van der Waals surface area contributed by atoms with Gasteiger partial charge in [0, 0.05) is 25.6 Å². The zero-order chi connectivity index (χ0) is 23.5. The lowest BCUT2D eigenvalue weighted by Gasteiger charge is -2.31. The third kappa shape index (κ3) is 4.76. The van der Waals surface area contributed by atoms with E-state index in [0.29, 0.717) is 37.4 Å². The number of carbonyl (C=O) groups excluding carboxylic acids is 1. The van der Waals surface area contributed by atoms with E-state index in [1.54, 1.807) is 18.4 Å². The number of fused-ring (bicyclic) bond motifs is 1. The number of likely N-dealkylation sites (tertiary alicyclic amines) is 1. The molecular weight excluding hydrogens is 450 g/mol. The van der Waals surface area contributed by atoms with Crippen LogP contribution in [0.4, 0.5) is 0 Å². The monoisotopic (exact) mass is 481 g/mol. The van der Waals surface area contributed by atoms with E-state index in [4.69, 9.17) is 4.42 Å². The lowest BCUT2D eigenvalue weighted by molar-refractivity contribution is -0.126. The topological polar surface area (TPSA) is 82.9 Å². The van der Waals surface area contributed by atoms with E-state index in [9.17, 15) is 13.2 Å². The molecule has 5 rings (SSSR count).